The van der Waals surface area contributed by atoms with Crippen molar-refractivity contribution in [2.75, 3.05) is 33.3 Å². The molecule has 0 N–H and O–H groups in total. The van der Waals surface area contributed by atoms with E-state index in [4.69, 9.17) is 4.74 Å². The molecule has 0 spiro atoms. The summed E-state index contributed by atoms with van der Waals surface area (Å²) in [4.78, 5) is 17.5. The van der Waals surface area contributed by atoms with Crippen LogP contribution in [0.1, 0.15) is 35.9 Å². The molecule has 1 aliphatic heterocycles. The Bertz CT molecular complexity index is 1020. The average molecular weight is 419 g/mol. The third-order valence-corrected chi connectivity index (χ3v) is 6.10. The van der Waals surface area contributed by atoms with Gasteiger partial charge in [0, 0.05) is 44.3 Å². The van der Waals surface area contributed by atoms with Crippen LogP contribution in [0, 0.1) is 0 Å². The van der Waals surface area contributed by atoms with E-state index >= 15 is 0 Å². The van der Waals surface area contributed by atoms with Gasteiger partial charge in [0.2, 0.25) is 0 Å². The first kappa shape index (κ1) is 21.1. The minimum absolute atomic E-state index is 0.00311. The first-order valence-corrected chi connectivity index (χ1v) is 10.9. The third kappa shape index (κ3) is 4.49. The van der Waals surface area contributed by atoms with Crippen molar-refractivity contribution in [1.82, 2.24) is 19.6 Å². The zero-order chi connectivity index (χ0) is 21.8. The molecule has 1 saturated heterocycles. The number of ether oxygens (including phenoxy) is 1. The Kier molecular flexibility index (Phi) is 6.37. The number of carbonyl (C=O) groups excluding carboxylic acids is 1. The van der Waals surface area contributed by atoms with Crippen LogP contribution in [-0.4, -0.2) is 58.8 Å². The summed E-state index contributed by atoms with van der Waals surface area (Å²) in [6.45, 7) is 8.11. The molecule has 0 unspecified atom stereocenters. The van der Waals surface area contributed by atoms with Crippen LogP contribution in [0.5, 0.6) is 5.75 Å². The first-order chi connectivity index (χ1) is 15.1. The maximum Gasteiger partial charge on any atom is 0.274 e. The Morgan fingerprint density at radius 1 is 1.03 bits per heavy atom. The molecule has 0 aliphatic carbocycles. The number of methoxy groups -OCH3 is 1. The number of aromatic nitrogens is 2. The molecule has 1 amide bonds. The lowest BCUT2D eigenvalue weighted by Crippen LogP contribution is -2.49. The lowest BCUT2D eigenvalue weighted by Gasteiger charge is -2.38. The van der Waals surface area contributed by atoms with Crippen LogP contribution < -0.4 is 4.74 Å². The van der Waals surface area contributed by atoms with Crippen LogP contribution in [0.25, 0.3) is 11.3 Å². The third-order valence-electron chi connectivity index (χ3n) is 6.10. The van der Waals surface area contributed by atoms with E-state index in [1.54, 1.807) is 7.11 Å². The van der Waals surface area contributed by atoms with E-state index in [9.17, 15) is 4.79 Å². The minimum atomic E-state index is 0.00311. The van der Waals surface area contributed by atoms with Crippen LogP contribution in [0.3, 0.4) is 0 Å². The van der Waals surface area contributed by atoms with Gasteiger partial charge in [-0.25, -0.2) is 0 Å². The topological polar surface area (TPSA) is 50.6 Å². The standard InChI is InChI=1S/C25H30N4O2/c1-4-29-24(21-11-8-12-22(17-21)31-3)18-23(26-29)25(30)28-15-13-27(14-16-28)19(2)20-9-6-5-7-10-20/h5-12,17-19H,4,13-16H2,1-3H3/t19-/m0/s1. The summed E-state index contributed by atoms with van der Waals surface area (Å²) in [5.74, 6) is 0.793. The molecule has 2 heterocycles. The van der Waals surface area contributed by atoms with Crippen LogP contribution in [-0.2, 0) is 6.54 Å². The minimum Gasteiger partial charge on any atom is -0.497 e. The summed E-state index contributed by atoms with van der Waals surface area (Å²) in [6.07, 6.45) is 0. The van der Waals surface area contributed by atoms with Crippen molar-refractivity contribution < 1.29 is 9.53 Å². The zero-order valence-corrected chi connectivity index (χ0v) is 18.5. The van der Waals surface area contributed by atoms with Gasteiger partial charge in [-0.1, -0.05) is 42.5 Å². The lowest BCUT2D eigenvalue weighted by molar-refractivity contribution is 0.0576. The largest absolute Gasteiger partial charge is 0.497 e. The van der Waals surface area contributed by atoms with E-state index in [-0.39, 0.29) is 5.91 Å². The number of benzene rings is 2. The van der Waals surface area contributed by atoms with E-state index in [0.29, 0.717) is 31.4 Å². The highest BCUT2D eigenvalue weighted by Crippen LogP contribution is 2.26. The van der Waals surface area contributed by atoms with Gasteiger partial charge in [-0.3, -0.25) is 14.4 Å². The Hall–Kier alpha value is -3.12. The number of amides is 1. The summed E-state index contributed by atoms with van der Waals surface area (Å²) in [5.41, 5.74) is 3.74. The van der Waals surface area contributed by atoms with Crippen molar-refractivity contribution in [3.8, 4) is 17.0 Å². The molecule has 6 nitrogen and oxygen atoms in total. The van der Waals surface area contributed by atoms with E-state index in [0.717, 1.165) is 30.1 Å². The van der Waals surface area contributed by atoms with Gasteiger partial charge in [-0.2, -0.15) is 5.10 Å². The van der Waals surface area contributed by atoms with E-state index in [1.165, 1.54) is 5.56 Å². The quantitative estimate of drug-likeness (QED) is 0.605. The van der Waals surface area contributed by atoms with E-state index < -0.39 is 0 Å². The van der Waals surface area contributed by atoms with Gasteiger partial charge in [-0.15, -0.1) is 0 Å². The molecule has 31 heavy (non-hydrogen) atoms. The predicted molar refractivity (Wildman–Crippen MR) is 122 cm³/mol. The fraction of sp³-hybridized carbons (Fsp3) is 0.360. The number of piperazine rings is 1. The number of hydrogen-bond acceptors (Lipinski definition) is 4. The van der Waals surface area contributed by atoms with Gasteiger partial charge in [0.05, 0.1) is 12.8 Å². The summed E-state index contributed by atoms with van der Waals surface area (Å²) < 4.78 is 7.24. The van der Waals surface area contributed by atoms with E-state index in [2.05, 4.69) is 41.2 Å². The Morgan fingerprint density at radius 2 is 1.77 bits per heavy atom. The fourth-order valence-electron chi connectivity index (χ4n) is 4.19. The maximum atomic E-state index is 13.2. The van der Waals surface area contributed by atoms with Crippen LogP contribution in [0.2, 0.25) is 0 Å². The molecule has 2 aromatic carbocycles. The molecule has 1 aromatic heterocycles. The number of hydrogen-bond donors (Lipinski definition) is 0. The number of rotatable bonds is 6. The summed E-state index contributed by atoms with van der Waals surface area (Å²) >= 11 is 0. The summed E-state index contributed by atoms with van der Waals surface area (Å²) in [5, 5.41) is 4.61. The van der Waals surface area contributed by atoms with Gasteiger partial charge >= 0.3 is 0 Å². The lowest BCUT2D eigenvalue weighted by atomic mass is 10.1. The highest BCUT2D eigenvalue weighted by atomic mass is 16.5. The molecule has 1 aliphatic rings. The molecule has 1 fully saturated rings. The Morgan fingerprint density at radius 3 is 2.45 bits per heavy atom. The molecular formula is C25H30N4O2. The SMILES string of the molecule is CCn1nc(C(=O)N2CCN([C@@H](C)c3ccccc3)CC2)cc1-c1cccc(OC)c1. The van der Waals surface area contributed by atoms with Crippen molar-refractivity contribution in [3.63, 3.8) is 0 Å². The highest BCUT2D eigenvalue weighted by molar-refractivity contribution is 5.93. The van der Waals surface area contributed by atoms with Crippen molar-refractivity contribution in [2.24, 2.45) is 0 Å². The smallest absolute Gasteiger partial charge is 0.274 e. The predicted octanol–water partition coefficient (Wildman–Crippen LogP) is 4.10. The van der Waals surface area contributed by atoms with Gasteiger partial charge in [0.1, 0.15) is 5.75 Å². The zero-order valence-electron chi connectivity index (χ0n) is 18.5. The summed E-state index contributed by atoms with van der Waals surface area (Å²) in [6, 6.07) is 20.6. The van der Waals surface area contributed by atoms with Crippen LogP contribution >= 0.6 is 0 Å². The molecule has 0 radical (unpaired) electrons. The van der Waals surface area contributed by atoms with Crippen molar-refractivity contribution in [1.29, 1.82) is 0 Å². The van der Waals surface area contributed by atoms with Crippen LogP contribution in [0.4, 0.5) is 0 Å². The maximum absolute atomic E-state index is 13.2. The van der Waals surface area contributed by atoms with Crippen molar-refractivity contribution >= 4 is 5.91 Å². The molecule has 3 aromatic rings. The van der Waals surface area contributed by atoms with Crippen LogP contribution in [0.15, 0.2) is 60.7 Å². The molecule has 162 valence electrons. The fourth-order valence-corrected chi connectivity index (χ4v) is 4.19. The molecular weight excluding hydrogens is 388 g/mol. The second kappa shape index (κ2) is 9.35. The monoisotopic (exact) mass is 418 g/mol. The number of carbonyl (C=O) groups is 1. The van der Waals surface area contributed by atoms with Gasteiger partial charge in [0.15, 0.2) is 5.69 Å². The van der Waals surface area contributed by atoms with Gasteiger partial charge in [0.25, 0.3) is 5.91 Å². The molecule has 0 bridgehead atoms. The number of nitrogens with zero attached hydrogens (tertiary/aromatic N) is 4. The summed E-state index contributed by atoms with van der Waals surface area (Å²) in [7, 11) is 1.66. The van der Waals surface area contributed by atoms with Crippen molar-refractivity contribution in [2.45, 2.75) is 26.4 Å². The highest BCUT2D eigenvalue weighted by Gasteiger charge is 2.27. The molecule has 6 heteroatoms. The van der Waals surface area contributed by atoms with Gasteiger partial charge < -0.3 is 9.64 Å². The second-order valence-corrected chi connectivity index (χ2v) is 7.88. The Labute approximate surface area is 184 Å². The van der Waals surface area contributed by atoms with Gasteiger partial charge in [-0.05, 0) is 37.6 Å². The Balaban J connectivity index is 1.46. The molecule has 1 atom stereocenters. The number of aryl methyl sites for hydroxylation is 1. The first-order valence-electron chi connectivity index (χ1n) is 10.9. The molecule has 0 saturated carbocycles. The normalized spacial score (nSPS) is 15.6. The van der Waals surface area contributed by atoms with E-state index in [1.807, 2.05) is 52.9 Å². The average Bonchev–Trinajstić information content (AvgIpc) is 3.28. The second-order valence-electron chi connectivity index (χ2n) is 7.88. The van der Waals surface area contributed by atoms with Crippen molar-refractivity contribution in [3.05, 3.63) is 71.9 Å². The molecule has 4 rings (SSSR count).